The summed E-state index contributed by atoms with van der Waals surface area (Å²) in [6, 6.07) is 1.70. The van der Waals surface area contributed by atoms with Crippen LogP contribution in [0.15, 0.2) is 21.5 Å². The van der Waals surface area contributed by atoms with Crippen LogP contribution in [0.3, 0.4) is 0 Å². The minimum atomic E-state index is -3.87. The highest BCUT2D eigenvalue weighted by molar-refractivity contribution is 9.10. The van der Waals surface area contributed by atoms with E-state index in [1.165, 1.54) is 15.3 Å². The van der Waals surface area contributed by atoms with E-state index in [0.717, 1.165) is 0 Å². The lowest BCUT2D eigenvalue weighted by molar-refractivity contribution is -0.122. The van der Waals surface area contributed by atoms with Gasteiger partial charge in [0.25, 0.3) is 5.91 Å². The Morgan fingerprint density at radius 3 is 2.52 bits per heavy atom. The Kier molecular flexibility index (Phi) is 3.89. The Morgan fingerprint density at radius 1 is 1.12 bits per heavy atom. The zero-order valence-corrected chi connectivity index (χ0v) is 15.3. The van der Waals surface area contributed by atoms with Crippen molar-refractivity contribution < 1.29 is 27.5 Å². The van der Waals surface area contributed by atoms with E-state index in [-0.39, 0.29) is 24.5 Å². The standard InChI is InChI=1S/C14H14BrN3O6S/c15-8-5-10-11(24-4-3-23-10)6-12(8)25(21,22)17-1-2-18-9(7-17)13(19)16-14(18)20/h5-6,9H,1-4,7H2,(H,16,19,20)/t9-/m0/s1. The van der Waals surface area contributed by atoms with Crippen molar-refractivity contribution in [1.29, 1.82) is 0 Å². The maximum atomic E-state index is 13.0. The van der Waals surface area contributed by atoms with E-state index in [4.69, 9.17) is 9.47 Å². The fourth-order valence-corrected chi connectivity index (χ4v) is 5.52. The Labute approximate surface area is 152 Å². The molecule has 3 aliphatic heterocycles. The van der Waals surface area contributed by atoms with Crippen molar-refractivity contribution in [3.05, 3.63) is 16.6 Å². The summed E-state index contributed by atoms with van der Waals surface area (Å²) in [5.41, 5.74) is 0. The molecule has 0 aromatic heterocycles. The number of ether oxygens (including phenoxy) is 2. The molecule has 0 aliphatic carbocycles. The Balaban J connectivity index is 1.66. The molecule has 25 heavy (non-hydrogen) atoms. The molecule has 0 unspecified atom stereocenters. The monoisotopic (exact) mass is 431 g/mol. The molecule has 11 heteroatoms. The molecule has 0 saturated carbocycles. The van der Waals surface area contributed by atoms with Crippen LogP contribution in [0.25, 0.3) is 0 Å². The largest absolute Gasteiger partial charge is 0.486 e. The number of carbonyl (C=O) groups is 2. The maximum absolute atomic E-state index is 13.0. The van der Waals surface area contributed by atoms with Crippen molar-refractivity contribution in [2.24, 2.45) is 0 Å². The molecule has 0 spiro atoms. The number of hydrogen-bond acceptors (Lipinski definition) is 6. The van der Waals surface area contributed by atoms with Crippen molar-refractivity contribution in [2.45, 2.75) is 10.9 Å². The quantitative estimate of drug-likeness (QED) is 0.667. The van der Waals surface area contributed by atoms with Gasteiger partial charge in [0, 0.05) is 30.2 Å². The molecule has 0 bridgehead atoms. The SMILES string of the molecule is O=C1NC(=O)N2CCN(S(=O)(=O)c3cc4c(cc3Br)OCCO4)C[C@@H]12. The minimum Gasteiger partial charge on any atom is -0.486 e. The third-order valence-electron chi connectivity index (χ3n) is 4.35. The molecule has 1 N–H and O–H groups in total. The number of sulfonamides is 1. The number of fused-ring (bicyclic) bond motifs is 2. The lowest BCUT2D eigenvalue weighted by Gasteiger charge is -2.34. The molecule has 9 nitrogen and oxygen atoms in total. The average Bonchev–Trinajstić information content (AvgIpc) is 2.88. The number of nitrogens with zero attached hydrogens (tertiary/aromatic N) is 2. The van der Waals surface area contributed by atoms with E-state index in [9.17, 15) is 18.0 Å². The normalized spacial score (nSPS) is 23.4. The first-order chi connectivity index (χ1) is 11.9. The smallest absolute Gasteiger partial charge is 0.324 e. The van der Waals surface area contributed by atoms with Gasteiger partial charge in [0.2, 0.25) is 10.0 Å². The van der Waals surface area contributed by atoms with E-state index in [0.29, 0.717) is 29.2 Å². The third-order valence-corrected chi connectivity index (χ3v) is 7.17. The van der Waals surface area contributed by atoms with Crippen LogP contribution in [0.1, 0.15) is 0 Å². The number of halogens is 1. The number of amides is 3. The van der Waals surface area contributed by atoms with Crippen LogP contribution in [0.5, 0.6) is 11.5 Å². The van der Waals surface area contributed by atoms with E-state index in [1.54, 1.807) is 6.07 Å². The zero-order valence-electron chi connectivity index (χ0n) is 12.9. The van der Waals surface area contributed by atoms with Gasteiger partial charge in [-0.15, -0.1) is 0 Å². The number of benzene rings is 1. The fourth-order valence-electron chi connectivity index (χ4n) is 3.09. The highest BCUT2D eigenvalue weighted by Gasteiger charge is 2.45. The van der Waals surface area contributed by atoms with Crippen LogP contribution in [0.4, 0.5) is 4.79 Å². The van der Waals surface area contributed by atoms with Gasteiger partial charge in [0.05, 0.1) is 0 Å². The molecule has 1 aromatic carbocycles. The second kappa shape index (κ2) is 5.85. The predicted octanol–water partition coefficient (Wildman–Crippen LogP) is 0.145. The van der Waals surface area contributed by atoms with Crippen LogP contribution < -0.4 is 14.8 Å². The van der Waals surface area contributed by atoms with Gasteiger partial charge < -0.3 is 14.4 Å². The average molecular weight is 432 g/mol. The molecule has 2 saturated heterocycles. The molecular formula is C14H14BrN3O6S. The number of imide groups is 1. The van der Waals surface area contributed by atoms with Crippen molar-refractivity contribution >= 4 is 37.9 Å². The summed E-state index contributed by atoms with van der Waals surface area (Å²) in [6.45, 7) is 0.931. The maximum Gasteiger partial charge on any atom is 0.324 e. The van der Waals surface area contributed by atoms with Gasteiger partial charge in [0.15, 0.2) is 11.5 Å². The van der Waals surface area contributed by atoms with Crippen molar-refractivity contribution in [2.75, 3.05) is 32.8 Å². The molecule has 1 aromatic rings. The number of carbonyl (C=O) groups excluding carboxylic acids is 2. The second-order valence-corrected chi connectivity index (χ2v) is 8.55. The molecule has 3 heterocycles. The Hall–Kier alpha value is -1.85. The number of rotatable bonds is 2. The summed E-state index contributed by atoms with van der Waals surface area (Å²) in [4.78, 5) is 24.9. The number of hydrogen-bond donors (Lipinski definition) is 1. The van der Waals surface area contributed by atoms with Gasteiger partial charge in [-0.05, 0) is 22.0 Å². The Bertz CT molecular complexity index is 874. The lowest BCUT2D eigenvalue weighted by atomic mass is 10.2. The zero-order chi connectivity index (χ0) is 17.8. The highest BCUT2D eigenvalue weighted by atomic mass is 79.9. The second-order valence-electron chi connectivity index (χ2n) is 5.79. The highest BCUT2D eigenvalue weighted by Crippen LogP contribution is 2.38. The van der Waals surface area contributed by atoms with Crippen LogP contribution >= 0.6 is 15.9 Å². The predicted molar refractivity (Wildman–Crippen MR) is 87.9 cm³/mol. The molecule has 4 rings (SSSR count). The number of nitrogens with one attached hydrogen (secondary N) is 1. The van der Waals surface area contributed by atoms with Gasteiger partial charge in [-0.1, -0.05) is 0 Å². The van der Waals surface area contributed by atoms with Crippen molar-refractivity contribution in [1.82, 2.24) is 14.5 Å². The number of urea groups is 1. The fraction of sp³-hybridized carbons (Fsp3) is 0.429. The summed E-state index contributed by atoms with van der Waals surface area (Å²) in [5, 5.41) is 2.20. The first-order valence-corrected chi connectivity index (χ1v) is 9.82. The van der Waals surface area contributed by atoms with E-state index in [1.807, 2.05) is 0 Å². The molecule has 0 radical (unpaired) electrons. The Morgan fingerprint density at radius 2 is 1.80 bits per heavy atom. The van der Waals surface area contributed by atoms with Gasteiger partial charge in [-0.2, -0.15) is 4.31 Å². The van der Waals surface area contributed by atoms with E-state index < -0.39 is 28.0 Å². The molecule has 3 aliphatic rings. The minimum absolute atomic E-state index is 0.0370. The molecule has 1 atom stereocenters. The van der Waals surface area contributed by atoms with Gasteiger partial charge in [0.1, 0.15) is 24.2 Å². The number of piperazine rings is 1. The van der Waals surface area contributed by atoms with Crippen LogP contribution in [0, 0.1) is 0 Å². The van der Waals surface area contributed by atoms with Crippen LogP contribution in [-0.4, -0.2) is 68.5 Å². The lowest BCUT2D eigenvalue weighted by Crippen LogP contribution is -2.54. The van der Waals surface area contributed by atoms with E-state index >= 15 is 0 Å². The summed E-state index contributed by atoms with van der Waals surface area (Å²) in [7, 11) is -3.87. The van der Waals surface area contributed by atoms with Gasteiger partial charge in [-0.25, -0.2) is 13.2 Å². The summed E-state index contributed by atoms with van der Waals surface area (Å²) < 4.78 is 38.5. The summed E-state index contributed by atoms with van der Waals surface area (Å²) >= 11 is 3.27. The van der Waals surface area contributed by atoms with Gasteiger partial charge in [-0.3, -0.25) is 10.1 Å². The molecule has 134 valence electrons. The van der Waals surface area contributed by atoms with Crippen molar-refractivity contribution in [3.8, 4) is 11.5 Å². The van der Waals surface area contributed by atoms with Crippen LogP contribution in [-0.2, 0) is 14.8 Å². The summed E-state index contributed by atoms with van der Waals surface area (Å²) in [5.74, 6) is 0.356. The molecular weight excluding hydrogens is 418 g/mol. The summed E-state index contributed by atoms with van der Waals surface area (Å²) in [6.07, 6.45) is 0. The van der Waals surface area contributed by atoms with Gasteiger partial charge >= 0.3 is 6.03 Å². The first-order valence-electron chi connectivity index (χ1n) is 7.58. The topological polar surface area (TPSA) is 105 Å². The first kappa shape index (κ1) is 16.6. The van der Waals surface area contributed by atoms with Crippen LogP contribution in [0.2, 0.25) is 0 Å². The molecule has 2 fully saturated rings. The van der Waals surface area contributed by atoms with E-state index in [2.05, 4.69) is 21.2 Å². The molecule has 3 amide bonds. The van der Waals surface area contributed by atoms with Crippen molar-refractivity contribution in [3.63, 3.8) is 0 Å². The third kappa shape index (κ3) is 2.66.